The second-order valence-corrected chi connectivity index (χ2v) is 3.44. The number of hydrogen-bond acceptors (Lipinski definition) is 1. The third-order valence-electron chi connectivity index (χ3n) is 2.17. The molecule has 0 saturated heterocycles. The predicted molar refractivity (Wildman–Crippen MR) is 53.9 cm³/mol. The first kappa shape index (κ1) is 8.30. The smallest absolute Gasteiger partial charge is 0.136 e. The van der Waals surface area contributed by atoms with Crippen molar-refractivity contribution in [1.82, 2.24) is 9.38 Å². The number of aryl methyl sites for hydroxylation is 2. The molecule has 0 aliphatic rings. The van der Waals surface area contributed by atoms with Crippen molar-refractivity contribution in [2.45, 2.75) is 26.7 Å². The highest BCUT2D eigenvalue weighted by atomic mass is 15.0. The Kier molecular flexibility index (Phi) is 2.05. The number of nitrogens with zero attached hydrogens (tertiary/aromatic N) is 2. The summed E-state index contributed by atoms with van der Waals surface area (Å²) in [7, 11) is 0. The molecule has 0 bridgehead atoms. The minimum Gasteiger partial charge on any atom is -0.307 e. The lowest BCUT2D eigenvalue weighted by Crippen LogP contribution is -1.88. The summed E-state index contributed by atoms with van der Waals surface area (Å²) in [5.41, 5.74) is 3.50. The first-order valence-electron chi connectivity index (χ1n) is 4.74. The molecule has 0 unspecified atom stereocenters. The first-order chi connectivity index (χ1) is 6.29. The predicted octanol–water partition coefficient (Wildman–Crippen LogP) is 2.60. The first-order valence-corrected chi connectivity index (χ1v) is 4.74. The molecule has 0 spiro atoms. The van der Waals surface area contributed by atoms with Gasteiger partial charge in [-0.2, -0.15) is 0 Å². The van der Waals surface area contributed by atoms with Crippen molar-refractivity contribution >= 4 is 5.65 Å². The summed E-state index contributed by atoms with van der Waals surface area (Å²) < 4.78 is 2.10. The van der Waals surface area contributed by atoms with Crippen molar-refractivity contribution in [3.8, 4) is 0 Å². The van der Waals surface area contributed by atoms with Gasteiger partial charge in [0.05, 0.1) is 5.69 Å². The van der Waals surface area contributed by atoms with Crippen LogP contribution in [0.2, 0.25) is 0 Å². The average molecular weight is 174 g/mol. The molecule has 0 aliphatic heterocycles. The van der Waals surface area contributed by atoms with Gasteiger partial charge in [0.15, 0.2) is 0 Å². The minimum atomic E-state index is 1.04. The van der Waals surface area contributed by atoms with Crippen molar-refractivity contribution in [3.05, 3.63) is 35.8 Å². The van der Waals surface area contributed by atoms with Crippen molar-refractivity contribution in [3.63, 3.8) is 0 Å². The van der Waals surface area contributed by atoms with E-state index in [1.54, 1.807) is 0 Å². The van der Waals surface area contributed by atoms with E-state index in [-0.39, 0.29) is 0 Å². The fourth-order valence-electron chi connectivity index (χ4n) is 1.60. The summed E-state index contributed by atoms with van der Waals surface area (Å²) in [6.07, 6.45) is 6.57. The standard InChI is InChI=1S/C11H14N2/c1-3-4-10-5-6-11-12-9(2)7-13(11)8-10/h5-8H,3-4H2,1-2H3. The van der Waals surface area contributed by atoms with Gasteiger partial charge in [-0.1, -0.05) is 19.4 Å². The van der Waals surface area contributed by atoms with Gasteiger partial charge in [-0.25, -0.2) is 4.98 Å². The maximum absolute atomic E-state index is 4.38. The molecule has 0 N–H and O–H groups in total. The molecule has 0 aromatic carbocycles. The summed E-state index contributed by atoms with van der Waals surface area (Å²) in [6, 6.07) is 4.24. The molecule has 0 aliphatic carbocycles. The van der Waals surface area contributed by atoms with Crippen molar-refractivity contribution in [2.24, 2.45) is 0 Å². The van der Waals surface area contributed by atoms with Gasteiger partial charge in [0, 0.05) is 12.4 Å². The van der Waals surface area contributed by atoms with Gasteiger partial charge in [0.25, 0.3) is 0 Å². The zero-order chi connectivity index (χ0) is 9.26. The Labute approximate surface area is 78.2 Å². The molecular formula is C11H14N2. The molecule has 13 heavy (non-hydrogen) atoms. The van der Waals surface area contributed by atoms with Gasteiger partial charge in [-0.3, -0.25) is 0 Å². The lowest BCUT2D eigenvalue weighted by molar-refractivity contribution is 0.909. The van der Waals surface area contributed by atoms with Crippen molar-refractivity contribution < 1.29 is 0 Å². The van der Waals surface area contributed by atoms with E-state index in [9.17, 15) is 0 Å². The summed E-state index contributed by atoms with van der Waals surface area (Å²) in [5.74, 6) is 0. The van der Waals surface area contributed by atoms with Crippen LogP contribution in [0.4, 0.5) is 0 Å². The second-order valence-electron chi connectivity index (χ2n) is 3.44. The highest BCUT2D eigenvalue weighted by Crippen LogP contribution is 2.08. The van der Waals surface area contributed by atoms with Crippen molar-refractivity contribution in [1.29, 1.82) is 0 Å². The lowest BCUT2D eigenvalue weighted by atomic mass is 10.2. The minimum absolute atomic E-state index is 1.04. The Hall–Kier alpha value is -1.31. The number of hydrogen-bond donors (Lipinski definition) is 0. The Morgan fingerprint density at radius 1 is 1.31 bits per heavy atom. The quantitative estimate of drug-likeness (QED) is 0.684. The molecule has 2 heterocycles. The third-order valence-corrected chi connectivity index (χ3v) is 2.17. The lowest BCUT2D eigenvalue weighted by Gasteiger charge is -1.98. The van der Waals surface area contributed by atoms with Crippen LogP contribution >= 0.6 is 0 Å². The monoisotopic (exact) mass is 174 g/mol. The van der Waals surface area contributed by atoms with E-state index in [1.807, 2.05) is 6.92 Å². The SMILES string of the molecule is CCCc1ccc2nc(C)cn2c1. The number of imidazole rings is 1. The molecule has 0 radical (unpaired) electrons. The molecule has 2 aromatic rings. The van der Waals surface area contributed by atoms with Crippen LogP contribution in [-0.4, -0.2) is 9.38 Å². The summed E-state index contributed by atoms with van der Waals surface area (Å²) >= 11 is 0. The number of rotatable bonds is 2. The van der Waals surface area contributed by atoms with E-state index < -0.39 is 0 Å². The van der Waals surface area contributed by atoms with Gasteiger partial charge < -0.3 is 4.40 Å². The van der Waals surface area contributed by atoms with Crippen LogP contribution in [0.3, 0.4) is 0 Å². The molecule has 0 fully saturated rings. The van der Waals surface area contributed by atoms with Gasteiger partial charge >= 0.3 is 0 Å². The molecule has 2 aromatic heterocycles. The Balaban J connectivity index is 2.48. The molecule has 68 valence electrons. The van der Waals surface area contributed by atoms with Gasteiger partial charge in [-0.15, -0.1) is 0 Å². The van der Waals surface area contributed by atoms with Crippen LogP contribution < -0.4 is 0 Å². The van der Waals surface area contributed by atoms with E-state index in [0.29, 0.717) is 0 Å². The van der Waals surface area contributed by atoms with Gasteiger partial charge in [0.2, 0.25) is 0 Å². The average Bonchev–Trinajstić information content (AvgIpc) is 2.44. The largest absolute Gasteiger partial charge is 0.307 e. The van der Waals surface area contributed by atoms with E-state index in [0.717, 1.165) is 17.8 Å². The second kappa shape index (κ2) is 3.21. The normalized spacial score (nSPS) is 10.9. The molecule has 0 amide bonds. The fraction of sp³-hybridized carbons (Fsp3) is 0.364. The molecule has 0 atom stereocenters. The summed E-state index contributed by atoms with van der Waals surface area (Å²) in [6.45, 7) is 4.22. The topological polar surface area (TPSA) is 17.3 Å². The number of aromatic nitrogens is 2. The zero-order valence-corrected chi connectivity index (χ0v) is 8.12. The highest BCUT2D eigenvalue weighted by molar-refractivity contribution is 5.41. The van der Waals surface area contributed by atoms with E-state index >= 15 is 0 Å². The molecule has 2 nitrogen and oxygen atoms in total. The van der Waals surface area contributed by atoms with E-state index in [2.05, 4.69) is 40.8 Å². The fourth-order valence-corrected chi connectivity index (χ4v) is 1.60. The summed E-state index contributed by atoms with van der Waals surface area (Å²) in [5, 5.41) is 0. The number of pyridine rings is 1. The van der Waals surface area contributed by atoms with E-state index in [1.165, 1.54) is 12.0 Å². The Morgan fingerprint density at radius 2 is 2.15 bits per heavy atom. The van der Waals surface area contributed by atoms with Gasteiger partial charge in [0.1, 0.15) is 5.65 Å². The third kappa shape index (κ3) is 1.57. The Bertz CT molecular complexity index is 415. The van der Waals surface area contributed by atoms with Crippen LogP contribution in [0.15, 0.2) is 24.5 Å². The van der Waals surface area contributed by atoms with Crippen LogP contribution in [-0.2, 0) is 6.42 Å². The highest BCUT2D eigenvalue weighted by Gasteiger charge is 1.97. The summed E-state index contributed by atoms with van der Waals surface area (Å²) in [4.78, 5) is 4.38. The van der Waals surface area contributed by atoms with E-state index in [4.69, 9.17) is 0 Å². The molecule has 2 rings (SSSR count). The zero-order valence-electron chi connectivity index (χ0n) is 8.12. The van der Waals surface area contributed by atoms with Crippen LogP contribution in [0, 0.1) is 6.92 Å². The number of fused-ring (bicyclic) bond motifs is 1. The van der Waals surface area contributed by atoms with Crippen LogP contribution in [0.25, 0.3) is 5.65 Å². The Morgan fingerprint density at radius 3 is 2.92 bits per heavy atom. The van der Waals surface area contributed by atoms with Gasteiger partial charge in [-0.05, 0) is 25.0 Å². The maximum Gasteiger partial charge on any atom is 0.136 e. The molecule has 0 saturated carbocycles. The van der Waals surface area contributed by atoms with Crippen LogP contribution in [0.1, 0.15) is 24.6 Å². The maximum atomic E-state index is 4.38. The molecular weight excluding hydrogens is 160 g/mol. The van der Waals surface area contributed by atoms with Crippen LogP contribution in [0.5, 0.6) is 0 Å². The molecule has 2 heteroatoms. The van der Waals surface area contributed by atoms with Crippen molar-refractivity contribution in [2.75, 3.05) is 0 Å².